The Morgan fingerprint density at radius 1 is 1.14 bits per heavy atom. The molecule has 0 saturated heterocycles. The quantitative estimate of drug-likeness (QED) is 0.625. The van der Waals surface area contributed by atoms with E-state index in [0.29, 0.717) is 34.4 Å². The van der Waals surface area contributed by atoms with E-state index in [-0.39, 0.29) is 4.90 Å². The van der Waals surface area contributed by atoms with Crippen molar-refractivity contribution in [3.63, 3.8) is 0 Å². The van der Waals surface area contributed by atoms with Crippen LogP contribution >= 0.6 is 11.6 Å². The summed E-state index contributed by atoms with van der Waals surface area (Å²) in [6, 6.07) is 9.09. The standard InChI is InChI=1S/C19H22ClN3O4S/c1-5-23-16-11-18(27-4)17(26-3)10-15(16)21-19(23)12(2)22-28(24,25)14-8-6-13(20)7-9-14/h6-12,22H,5H2,1-4H3/t12-/m1/s1. The number of nitrogens with zero attached hydrogens (tertiary/aromatic N) is 2. The van der Waals surface area contributed by atoms with Crippen LogP contribution in [0.25, 0.3) is 11.0 Å². The third kappa shape index (κ3) is 3.80. The van der Waals surface area contributed by atoms with Crippen LogP contribution in [0.15, 0.2) is 41.3 Å². The molecule has 0 spiro atoms. The van der Waals surface area contributed by atoms with E-state index >= 15 is 0 Å². The summed E-state index contributed by atoms with van der Waals surface area (Å²) in [5, 5.41) is 0.475. The average molecular weight is 424 g/mol. The van der Waals surface area contributed by atoms with Gasteiger partial charge in [-0.15, -0.1) is 0 Å². The first-order chi connectivity index (χ1) is 13.3. The SMILES string of the molecule is CCn1c([C@@H](C)NS(=O)(=O)c2ccc(Cl)cc2)nc2cc(OC)c(OC)cc21. The van der Waals surface area contributed by atoms with Crippen molar-refractivity contribution in [2.24, 2.45) is 0 Å². The Labute approximate surface area is 169 Å². The molecule has 150 valence electrons. The zero-order valence-electron chi connectivity index (χ0n) is 16.1. The molecule has 3 rings (SSSR count). The number of hydrogen-bond donors (Lipinski definition) is 1. The van der Waals surface area contributed by atoms with Gasteiger partial charge in [-0.1, -0.05) is 11.6 Å². The minimum Gasteiger partial charge on any atom is -0.493 e. The Hall–Kier alpha value is -2.29. The first-order valence-electron chi connectivity index (χ1n) is 8.70. The maximum absolute atomic E-state index is 12.7. The highest BCUT2D eigenvalue weighted by atomic mass is 35.5. The maximum Gasteiger partial charge on any atom is 0.241 e. The number of aryl methyl sites for hydroxylation is 1. The summed E-state index contributed by atoms with van der Waals surface area (Å²) in [4.78, 5) is 4.78. The number of benzene rings is 2. The molecule has 1 atom stereocenters. The summed E-state index contributed by atoms with van der Waals surface area (Å²) in [5.74, 6) is 1.76. The molecule has 0 aliphatic heterocycles. The number of fused-ring (bicyclic) bond motifs is 1. The summed E-state index contributed by atoms with van der Waals surface area (Å²) in [6.07, 6.45) is 0. The first kappa shape index (κ1) is 20.4. The van der Waals surface area contributed by atoms with E-state index < -0.39 is 16.1 Å². The molecule has 9 heteroatoms. The van der Waals surface area contributed by atoms with Crippen LogP contribution in [-0.2, 0) is 16.6 Å². The summed E-state index contributed by atoms with van der Waals surface area (Å²) < 4.78 is 40.8. The van der Waals surface area contributed by atoms with Gasteiger partial charge in [-0.05, 0) is 38.1 Å². The summed E-state index contributed by atoms with van der Waals surface area (Å²) in [6.45, 7) is 4.35. The van der Waals surface area contributed by atoms with Gasteiger partial charge < -0.3 is 14.0 Å². The molecule has 1 aromatic heterocycles. The van der Waals surface area contributed by atoms with Gasteiger partial charge in [0.05, 0.1) is 36.2 Å². The van der Waals surface area contributed by atoms with Gasteiger partial charge in [0.25, 0.3) is 0 Å². The predicted octanol–water partition coefficient (Wildman–Crippen LogP) is 3.77. The Balaban J connectivity index is 2.01. The molecular formula is C19H22ClN3O4S. The monoisotopic (exact) mass is 423 g/mol. The van der Waals surface area contributed by atoms with Crippen LogP contribution in [-0.4, -0.2) is 32.2 Å². The highest BCUT2D eigenvalue weighted by Gasteiger charge is 2.23. The van der Waals surface area contributed by atoms with Crippen molar-refractivity contribution in [3.05, 3.63) is 47.2 Å². The van der Waals surface area contributed by atoms with E-state index in [4.69, 9.17) is 21.1 Å². The van der Waals surface area contributed by atoms with Crippen LogP contribution in [0.1, 0.15) is 25.7 Å². The number of hydrogen-bond acceptors (Lipinski definition) is 5. The van der Waals surface area contributed by atoms with Crippen molar-refractivity contribution < 1.29 is 17.9 Å². The normalized spacial score (nSPS) is 12.9. The second-order valence-electron chi connectivity index (χ2n) is 6.21. The predicted molar refractivity (Wildman–Crippen MR) is 109 cm³/mol. The molecule has 0 aliphatic carbocycles. The van der Waals surface area contributed by atoms with E-state index in [0.717, 1.165) is 5.52 Å². The fourth-order valence-electron chi connectivity index (χ4n) is 3.10. The lowest BCUT2D eigenvalue weighted by molar-refractivity contribution is 0.355. The van der Waals surface area contributed by atoms with E-state index in [1.54, 1.807) is 39.3 Å². The largest absolute Gasteiger partial charge is 0.493 e. The number of sulfonamides is 1. The van der Waals surface area contributed by atoms with Crippen molar-refractivity contribution in [1.82, 2.24) is 14.3 Å². The maximum atomic E-state index is 12.7. The average Bonchev–Trinajstić information content (AvgIpc) is 3.04. The van der Waals surface area contributed by atoms with Gasteiger partial charge in [-0.2, -0.15) is 0 Å². The van der Waals surface area contributed by atoms with Crippen molar-refractivity contribution in [2.45, 2.75) is 31.3 Å². The second kappa shape index (κ2) is 7.98. The van der Waals surface area contributed by atoms with Gasteiger partial charge in [0.2, 0.25) is 10.0 Å². The third-order valence-electron chi connectivity index (χ3n) is 4.44. The van der Waals surface area contributed by atoms with Crippen molar-refractivity contribution >= 4 is 32.7 Å². The molecular weight excluding hydrogens is 402 g/mol. The highest BCUT2D eigenvalue weighted by Crippen LogP contribution is 2.33. The summed E-state index contributed by atoms with van der Waals surface area (Å²) in [7, 11) is -0.594. The molecule has 0 radical (unpaired) electrons. The van der Waals surface area contributed by atoms with Gasteiger partial charge in [-0.25, -0.2) is 18.1 Å². The van der Waals surface area contributed by atoms with Crippen LogP contribution in [0.2, 0.25) is 5.02 Å². The molecule has 7 nitrogen and oxygen atoms in total. The molecule has 0 saturated carbocycles. The van der Waals surface area contributed by atoms with Gasteiger partial charge >= 0.3 is 0 Å². The molecule has 0 bridgehead atoms. The third-order valence-corrected chi connectivity index (χ3v) is 6.25. The lowest BCUT2D eigenvalue weighted by atomic mass is 10.2. The van der Waals surface area contributed by atoms with Crippen LogP contribution < -0.4 is 14.2 Å². The molecule has 0 unspecified atom stereocenters. The number of halogens is 1. The highest BCUT2D eigenvalue weighted by molar-refractivity contribution is 7.89. The number of imidazole rings is 1. The van der Waals surface area contributed by atoms with Crippen molar-refractivity contribution in [1.29, 1.82) is 0 Å². The smallest absolute Gasteiger partial charge is 0.241 e. The number of methoxy groups -OCH3 is 2. The van der Waals surface area contributed by atoms with E-state index in [1.807, 2.05) is 17.6 Å². The second-order valence-corrected chi connectivity index (χ2v) is 8.36. The Morgan fingerprint density at radius 3 is 2.32 bits per heavy atom. The number of rotatable bonds is 7. The number of ether oxygens (including phenoxy) is 2. The van der Waals surface area contributed by atoms with Gasteiger partial charge in [0, 0.05) is 23.7 Å². The lowest BCUT2D eigenvalue weighted by Crippen LogP contribution is -2.28. The molecule has 1 N–H and O–H groups in total. The van der Waals surface area contributed by atoms with E-state index in [2.05, 4.69) is 9.71 Å². The minimum absolute atomic E-state index is 0.145. The van der Waals surface area contributed by atoms with Gasteiger partial charge in [0.1, 0.15) is 5.82 Å². The number of nitrogens with one attached hydrogen (secondary N) is 1. The zero-order valence-corrected chi connectivity index (χ0v) is 17.6. The molecule has 0 fully saturated rings. The van der Waals surface area contributed by atoms with Gasteiger partial charge in [0.15, 0.2) is 11.5 Å². The van der Waals surface area contributed by atoms with Crippen LogP contribution in [0.4, 0.5) is 0 Å². The molecule has 0 amide bonds. The number of aromatic nitrogens is 2. The van der Waals surface area contributed by atoms with Gasteiger partial charge in [-0.3, -0.25) is 0 Å². The summed E-state index contributed by atoms with van der Waals surface area (Å²) in [5.41, 5.74) is 1.54. The first-order valence-corrected chi connectivity index (χ1v) is 10.6. The van der Waals surface area contributed by atoms with Crippen molar-refractivity contribution in [2.75, 3.05) is 14.2 Å². The Bertz CT molecular complexity index is 1090. The van der Waals surface area contributed by atoms with Crippen LogP contribution in [0.5, 0.6) is 11.5 Å². The van der Waals surface area contributed by atoms with Crippen molar-refractivity contribution in [3.8, 4) is 11.5 Å². The van der Waals surface area contributed by atoms with Crippen LogP contribution in [0, 0.1) is 0 Å². The fraction of sp³-hybridized carbons (Fsp3) is 0.316. The molecule has 2 aromatic carbocycles. The minimum atomic E-state index is -3.72. The Morgan fingerprint density at radius 2 is 1.75 bits per heavy atom. The lowest BCUT2D eigenvalue weighted by Gasteiger charge is -2.16. The summed E-state index contributed by atoms with van der Waals surface area (Å²) >= 11 is 5.85. The fourth-order valence-corrected chi connectivity index (χ4v) is 4.43. The topological polar surface area (TPSA) is 82.5 Å². The molecule has 0 aliphatic rings. The zero-order chi connectivity index (χ0) is 20.5. The molecule has 28 heavy (non-hydrogen) atoms. The molecule has 3 aromatic rings. The molecule has 1 heterocycles. The van der Waals surface area contributed by atoms with Crippen LogP contribution in [0.3, 0.4) is 0 Å². The Kier molecular flexibility index (Phi) is 5.83. The van der Waals surface area contributed by atoms with E-state index in [1.165, 1.54) is 12.1 Å². The van der Waals surface area contributed by atoms with E-state index in [9.17, 15) is 8.42 Å².